The van der Waals surface area contributed by atoms with Gasteiger partial charge in [0, 0.05) is 25.7 Å². The number of aromatic nitrogens is 4. The Morgan fingerprint density at radius 3 is 2.96 bits per heavy atom. The van der Waals surface area contributed by atoms with Crippen molar-refractivity contribution < 1.29 is 4.79 Å². The number of hydrogen-bond acceptors (Lipinski definition) is 4. The fourth-order valence-corrected chi connectivity index (χ4v) is 2.81. The normalized spacial score (nSPS) is 17.0. The predicted octanol–water partition coefficient (Wildman–Crippen LogP) is 1.12. The molecule has 0 aromatic carbocycles. The van der Waals surface area contributed by atoms with Crippen molar-refractivity contribution in [1.82, 2.24) is 24.6 Å². The highest BCUT2D eigenvalue weighted by atomic mass is 16.2. The first-order chi connectivity index (χ1) is 11.7. The third kappa shape index (κ3) is 3.45. The second kappa shape index (κ2) is 7.25. The maximum absolute atomic E-state index is 12.3. The van der Waals surface area contributed by atoms with Crippen molar-refractivity contribution in [1.29, 1.82) is 0 Å². The lowest BCUT2D eigenvalue weighted by Crippen LogP contribution is -2.35. The monoisotopic (exact) mass is 327 g/mol. The molecule has 126 valence electrons. The zero-order valence-corrected chi connectivity index (χ0v) is 13.7. The Hall–Kier alpha value is -2.70. The maximum Gasteiger partial charge on any atom is 0.346 e. The molecule has 1 N–H and O–H groups in total. The van der Waals surface area contributed by atoms with Gasteiger partial charge in [0.1, 0.15) is 5.69 Å². The lowest BCUT2D eigenvalue weighted by molar-refractivity contribution is -0.125. The summed E-state index contributed by atoms with van der Waals surface area (Å²) in [6, 6.07) is 5.48. The second-order valence-corrected chi connectivity index (χ2v) is 5.88. The van der Waals surface area contributed by atoms with E-state index in [4.69, 9.17) is 0 Å². The van der Waals surface area contributed by atoms with E-state index in [1.165, 1.54) is 9.25 Å². The highest BCUT2D eigenvalue weighted by molar-refractivity contribution is 5.78. The minimum atomic E-state index is -0.217. The standard InChI is InChI=1S/C17H21N5O2/c1-21-15(14-9-5-6-10-18-14)20-22(17(21)24)12-11-19-16(23)13-7-3-2-4-8-13/h2-3,5-6,9-10,13H,4,7-8,11-12H2,1H3,(H,19,23). The van der Waals surface area contributed by atoms with Gasteiger partial charge in [-0.05, 0) is 31.4 Å². The molecule has 0 bridgehead atoms. The topological polar surface area (TPSA) is 81.8 Å². The largest absolute Gasteiger partial charge is 0.354 e. The Kier molecular flexibility index (Phi) is 4.88. The molecule has 1 aliphatic rings. The fourth-order valence-electron chi connectivity index (χ4n) is 2.81. The van der Waals surface area contributed by atoms with Crippen LogP contribution in [0.4, 0.5) is 0 Å². The molecule has 0 aliphatic heterocycles. The number of carbonyl (C=O) groups excluding carboxylic acids is 1. The van der Waals surface area contributed by atoms with E-state index in [2.05, 4.69) is 27.6 Å². The van der Waals surface area contributed by atoms with E-state index in [1.807, 2.05) is 18.2 Å². The summed E-state index contributed by atoms with van der Waals surface area (Å²) in [5.41, 5.74) is 0.430. The van der Waals surface area contributed by atoms with Crippen molar-refractivity contribution in [3.05, 3.63) is 47.0 Å². The molecular formula is C17H21N5O2. The summed E-state index contributed by atoms with van der Waals surface area (Å²) in [5.74, 6) is 0.608. The zero-order chi connectivity index (χ0) is 16.9. The van der Waals surface area contributed by atoms with E-state index in [-0.39, 0.29) is 17.5 Å². The van der Waals surface area contributed by atoms with Crippen molar-refractivity contribution in [3.8, 4) is 11.5 Å². The van der Waals surface area contributed by atoms with Crippen LogP contribution in [-0.4, -0.2) is 31.8 Å². The van der Waals surface area contributed by atoms with Gasteiger partial charge in [0.15, 0.2) is 5.82 Å². The summed E-state index contributed by atoms with van der Waals surface area (Å²) in [7, 11) is 1.67. The smallest absolute Gasteiger partial charge is 0.346 e. The Balaban J connectivity index is 1.63. The number of rotatable bonds is 5. The number of pyridine rings is 1. The molecule has 0 fully saturated rings. The van der Waals surface area contributed by atoms with E-state index in [0.717, 1.165) is 19.3 Å². The molecule has 2 aromatic rings. The van der Waals surface area contributed by atoms with Crippen LogP contribution in [0.15, 0.2) is 41.3 Å². The van der Waals surface area contributed by atoms with E-state index in [0.29, 0.717) is 24.6 Å². The van der Waals surface area contributed by atoms with Crippen molar-refractivity contribution in [2.45, 2.75) is 25.8 Å². The molecule has 7 nitrogen and oxygen atoms in total. The van der Waals surface area contributed by atoms with Crippen molar-refractivity contribution in [3.63, 3.8) is 0 Å². The van der Waals surface area contributed by atoms with Crippen LogP contribution in [0.3, 0.4) is 0 Å². The quantitative estimate of drug-likeness (QED) is 0.834. The van der Waals surface area contributed by atoms with Crippen LogP contribution in [-0.2, 0) is 18.4 Å². The molecular weight excluding hydrogens is 306 g/mol. The predicted molar refractivity (Wildman–Crippen MR) is 90.2 cm³/mol. The molecule has 1 unspecified atom stereocenters. The van der Waals surface area contributed by atoms with E-state index in [9.17, 15) is 9.59 Å². The van der Waals surface area contributed by atoms with Crippen LogP contribution in [0.5, 0.6) is 0 Å². The molecule has 24 heavy (non-hydrogen) atoms. The van der Waals surface area contributed by atoms with E-state index >= 15 is 0 Å². The van der Waals surface area contributed by atoms with E-state index in [1.54, 1.807) is 13.2 Å². The van der Waals surface area contributed by atoms with Gasteiger partial charge in [0.25, 0.3) is 0 Å². The summed E-state index contributed by atoms with van der Waals surface area (Å²) >= 11 is 0. The summed E-state index contributed by atoms with van der Waals surface area (Å²) < 4.78 is 2.83. The number of nitrogens with one attached hydrogen (secondary N) is 1. The van der Waals surface area contributed by atoms with Gasteiger partial charge in [-0.3, -0.25) is 14.3 Å². The molecule has 0 radical (unpaired) electrons. The van der Waals surface area contributed by atoms with Gasteiger partial charge in [-0.25, -0.2) is 9.48 Å². The SMILES string of the molecule is Cn1c(-c2ccccn2)nn(CCNC(=O)C2CC=CCC2)c1=O. The summed E-state index contributed by atoms with van der Waals surface area (Å²) in [5, 5.41) is 7.23. The zero-order valence-electron chi connectivity index (χ0n) is 13.7. The average molecular weight is 327 g/mol. The van der Waals surface area contributed by atoms with E-state index < -0.39 is 0 Å². The fraction of sp³-hybridized carbons (Fsp3) is 0.412. The number of amides is 1. The minimum absolute atomic E-state index is 0.0412. The van der Waals surface area contributed by atoms with Gasteiger partial charge >= 0.3 is 5.69 Å². The van der Waals surface area contributed by atoms with Gasteiger partial charge in [0.2, 0.25) is 5.91 Å². The Morgan fingerprint density at radius 2 is 2.25 bits per heavy atom. The second-order valence-electron chi connectivity index (χ2n) is 5.88. The number of hydrogen-bond donors (Lipinski definition) is 1. The summed E-state index contributed by atoms with van der Waals surface area (Å²) in [6.07, 6.45) is 8.45. The van der Waals surface area contributed by atoms with Crippen molar-refractivity contribution in [2.75, 3.05) is 6.54 Å². The van der Waals surface area contributed by atoms with Gasteiger partial charge in [0.05, 0.1) is 6.54 Å². The summed E-state index contributed by atoms with van der Waals surface area (Å²) in [4.78, 5) is 28.6. The first kappa shape index (κ1) is 16.2. The molecule has 1 atom stereocenters. The first-order valence-electron chi connectivity index (χ1n) is 8.15. The van der Waals surface area contributed by atoms with Gasteiger partial charge in [-0.1, -0.05) is 18.2 Å². The molecule has 7 heteroatoms. The van der Waals surface area contributed by atoms with Gasteiger partial charge in [-0.2, -0.15) is 0 Å². The maximum atomic E-state index is 12.3. The highest BCUT2D eigenvalue weighted by Gasteiger charge is 2.18. The van der Waals surface area contributed by atoms with Crippen LogP contribution in [0.2, 0.25) is 0 Å². The molecule has 1 amide bonds. The van der Waals surface area contributed by atoms with Crippen LogP contribution < -0.4 is 11.0 Å². The summed E-state index contributed by atoms with van der Waals surface area (Å²) in [6.45, 7) is 0.728. The van der Waals surface area contributed by atoms with Crippen molar-refractivity contribution >= 4 is 5.91 Å². The average Bonchev–Trinajstić information content (AvgIpc) is 2.92. The van der Waals surface area contributed by atoms with Gasteiger partial charge in [-0.15, -0.1) is 5.10 Å². The number of allylic oxidation sites excluding steroid dienone is 2. The lowest BCUT2D eigenvalue weighted by atomic mass is 9.94. The molecule has 0 spiro atoms. The Morgan fingerprint density at radius 1 is 1.38 bits per heavy atom. The molecule has 2 heterocycles. The first-order valence-corrected chi connectivity index (χ1v) is 8.15. The molecule has 2 aromatic heterocycles. The molecule has 3 rings (SSSR count). The minimum Gasteiger partial charge on any atom is -0.354 e. The highest BCUT2D eigenvalue weighted by Crippen LogP contribution is 2.17. The van der Waals surface area contributed by atoms with Crippen molar-refractivity contribution in [2.24, 2.45) is 13.0 Å². The van der Waals surface area contributed by atoms with Crippen LogP contribution in [0.1, 0.15) is 19.3 Å². The third-order valence-electron chi connectivity index (χ3n) is 4.20. The Bertz CT molecular complexity index is 791. The van der Waals surface area contributed by atoms with Gasteiger partial charge < -0.3 is 5.32 Å². The number of carbonyl (C=O) groups is 1. The molecule has 1 aliphatic carbocycles. The van der Waals surface area contributed by atoms with Crippen LogP contribution >= 0.6 is 0 Å². The molecule has 0 saturated heterocycles. The van der Waals surface area contributed by atoms with Crippen LogP contribution in [0, 0.1) is 5.92 Å². The number of nitrogens with zero attached hydrogens (tertiary/aromatic N) is 4. The third-order valence-corrected chi connectivity index (χ3v) is 4.20. The lowest BCUT2D eigenvalue weighted by Gasteiger charge is -2.16. The Labute approximate surface area is 140 Å². The van der Waals surface area contributed by atoms with Crippen LogP contribution in [0.25, 0.3) is 11.5 Å². The molecule has 0 saturated carbocycles.